The lowest BCUT2D eigenvalue weighted by atomic mass is 10.1. The van der Waals surface area contributed by atoms with Crippen LogP contribution in [0.1, 0.15) is 71.1 Å². The number of nitrogens with zero attached hydrogens (tertiary/aromatic N) is 1. The number of pyridine rings is 1. The third kappa shape index (κ3) is 9.17. The minimum atomic E-state index is -0.409. The summed E-state index contributed by atoms with van der Waals surface area (Å²) >= 11 is 0. The van der Waals surface area contributed by atoms with Crippen LogP contribution >= 0.6 is 0 Å². The first-order chi connectivity index (χ1) is 11.3. The van der Waals surface area contributed by atoms with Crippen molar-refractivity contribution in [3.63, 3.8) is 0 Å². The van der Waals surface area contributed by atoms with Crippen LogP contribution in [0.3, 0.4) is 0 Å². The number of ether oxygens (including phenoxy) is 1. The third-order valence-electron chi connectivity index (χ3n) is 4.02. The lowest BCUT2D eigenvalue weighted by molar-refractivity contribution is -0.700. The monoisotopic (exact) mass is 318 g/mol. The summed E-state index contributed by atoms with van der Waals surface area (Å²) in [6, 6.07) is 5.65. The molecule has 0 amide bonds. The van der Waals surface area contributed by atoms with Crippen molar-refractivity contribution < 1.29 is 14.1 Å². The minimum absolute atomic E-state index is 0.409. The van der Waals surface area contributed by atoms with Gasteiger partial charge in [-0.25, -0.2) is 4.79 Å². The second-order valence-electron chi connectivity index (χ2n) is 6.04. The molecule has 0 aromatic carbocycles. The molecule has 0 unspecified atom stereocenters. The summed E-state index contributed by atoms with van der Waals surface area (Å²) in [5.74, 6) is 0.182. The van der Waals surface area contributed by atoms with Crippen LogP contribution in [0.15, 0.2) is 37.1 Å². The van der Waals surface area contributed by atoms with Gasteiger partial charge in [-0.15, -0.1) is 0 Å². The van der Waals surface area contributed by atoms with Gasteiger partial charge in [-0.2, -0.15) is 4.57 Å². The van der Waals surface area contributed by atoms with Gasteiger partial charge in [-0.05, 0) is 12.5 Å². The summed E-state index contributed by atoms with van der Waals surface area (Å²) in [5.41, 5.74) is 0. The summed E-state index contributed by atoms with van der Waals surface area (Å²) in [7, 11) is 0. The molecule has 0 bridgehead atoms. The Hall–Kier alpha value is -1.64. The van der Waals surface area contributed by atoms with Crippen LogP contribution in [0.25, 0.3) is 0 Å². The second-order valence-corrected chi connectivity index (χ2v) is 6.04. The van der Waals surface area contributed by atoms with Crippen molar-refractivity contribution in [3.8, 4) is 5.88 Å². The van der Waals surface area contributed by atoms with Crippen molar-refractivity contribution in [2.75, 3.05) is 0 Å². The Kier molecular flexibility index (Phi) is 10.9. The fraction of sp³-hybridized carbons (Fsp3) is 0.600. The maximum absolute atomic E-state index is 11.3. The highest BCUT2D eigenvalue weighted by atomic mass is 16.5. The smallest absolute Gasteiger partial charge is 0.367 e. The molecule has 0 saturated heterocycles. The Morgan fingerprint density at radius 3 is 2.26 bits per heavy atom. The van der Waals surface area contributed by atoms with E-state index in [0.717, 1.165) is 13.0 Å². The van der Waals surface area contributed by atoms with E-state index in [2.05, 4.69) is 13.5 Å². The number of rotatable bonds is 13. The zero-order valence-corrected chi connectivity index (χ0v) is 14.6. The Labute approximate surface area is 141 Å². The van der Waals surface area contributed by atoms with Crippen LogP contribution in [0.5, 0.6) is 5.88 Å². The molecule has 1 heterocycles. The van der Waals surface area contributed by atoms with E-state index in [1.807, 2.05) is 29.0 Å². The van der Waals surface area contributed by atoms with Crippen molar-refractivity contribution in [2.24, 2.45) is 0 Å². The number of aryl methyl sites for hydroxylation is 1. The average molecular weight is 318 g/mol. The number of carbonyl (C=O) groups is 1. The molecule has 1 aromatic rings. The molecule has 23 heavy (non-hydrogen) atoms. The topological polar surface area (TPSA) is 30.2 Å². The highest BCUT2D eigenvalue weighted by molar-refractivity contribution is 5.82. The SMILES string of the molecule is C=CC(=O)Oc1cccc[n+]1CCCCCCCCCCCC. The standard InChI is InChI=1S/C20H32NO2/c1-3-5-6-7-8-9-10-11-12-14-17-21-18-15-13-16-19(21)23-20(22)4-2/h4,13,15-16,18H,2-3,5-12,14,17H2,1H3/q+1. The van der Waals surface area contributed by atoms with E-state index in [9.17, 15) is 4.79 Å². The van der Waals surface area contributed by atoms with Crippen LogP contribution < -0.4 is 9.30 Å². The normalized spacial score (nSPS) is 10.5. The highest BCUT2D eigenvalue weighted by Crippen LogP contribution is 2.11. The minimum Gasteiger partial charge on any atom is -0.367 e. The van der Waals surface area contributed by atoms with Crippen molar-refractivity contribution in [3.05, 3.63) is 37.1 Å². The van der Waals surface area contributed by atoms with Gasteiger partial charge in [-0.3, -0.25) is 0 Å². The highest BCUT2D eigenvalue weighted by Gasteiger charge is 2.12. The first kappa shape index (κ1) is 19.4. The van der Waals surface area contributed by atoms with Crippen LogP contribution in [0.2, 0.25) is 0 Å². The molecule has 128 valence electrons. The van der Waals surface area contributed by atoms with E-state index in [4.69, 9.17) is 4.74 Å². The Bertz CT molecular complexity index is 457. The molecule has 0 aliphatic heterocycles. The van der Waals surface area contributed by atoms with Gasteiger partial charge in [0.2, 0.25) is 0 Å². The number of hydrogen-bond acceptors (Lipinski definition) is 2. The summed E-state index contributed by atoms with van der Waals surface area (Å²) in [5, 5.41) is 0. The first-order valence-corrected chi connectivity index (χ1v) is 9.10. The first-order valence-electron chi connectivity index (χ1n) is 9.10. The molecule has 0 aliphatic carbocycles. The molecular weight excluding hydrogens is 286 g/mol. The van der Waals surface area contributed by atoms with E-state index in [-0.39, 0.29) is 0 Å². The van der Waals surface area contributed by atoms with Gasteiger partial charge in [0.15, 0.2) is 12.7 Å². The molecule has 0 N–H and O–H groups in total. The Morgan fingerprint density at radius 2 is 1.65 bits per heavy atom. The number of esters is 1. The van der Waals surface area contributed by atoms with Gasteiger partial charge in [-0.1, -0.05) is 64.9 Å². The molecule has 1 rings (SSSR count). The summed E-state index contributed by atoms with van der Waals surface area (Å²) < 4.78 is 7.24. The van der Waals surface area contributed by atoms with Crippen LogP contribution in [-0.2, 0) is 11.3 Å². The summed E-state index contributed by atoms with van der Waals surface area (Å²) in [6.07, 6.45) is 16.4. The van der Waals surface area contributed by atoms with E-state index in [1.165, 1.54) is 63.9 Å². The predicted molar refractivity (Wildman–Crippen MR) is 94.3 cm³/mol. The van der Waals surface area contributed by atoms with Gasteiger partial charge >= 0.3 is 11.8 Å². The van der Waals surface area contributed by atoms with Gasteiger partial charge in [0, 0.05) is 18.6 Å². The zero-order chi connectivity index (χ0) is 16.8. The second kappa shape index (κ2) is 12.9. The Morgan fingerprint density at radius 1 is 1.04 bits per heavy atom. The summed E-state index contributed by atoms with van der Waals surface area (Å²) in [4.78, 5) is 11.3. The lowest BCUT2D eigenvalue weighted by Gasteiger charge is -2.03. The van der Waals surface area contributed by atoms with E-state index in [1.54, 1.807) is 0 Å². The average Bonchev–Trinajstić information content (AvgIpc) is 2.57. The van der Waals surface area contributed by atoms with Crippen LogP contribution in [0, 0.1) is 0 Å². The zero-order valence-electron chi connectivity index (χ0n) is 14.6. The van der Waals surface area contributed by atoms with Crippen molar-refractivity contribution in [1.29, 1.82) is 0 Å². The molecule has 0 spiro atoms. The van der Waals surface area contributed by atoms with Crippen molar-refractivity contribution >= 4 is 5.97 Å². The molecule has 1 aromatic heterocycles. The predicted octanol–water partition coefficient (Wildman–Crippen LogP) is 4.99. The molecule has 0 aliphatic rings. The molecule has 3 heteroatoms. The maximum atomic E-state index is 11.3. The number of unbranched alkanes of at least 4 members (excludes halogenated alkanes) is 9. The summed E-state index contributed by atoms with van der Waals surface area (Å²) in [6.45, 7) is 6.57. The molecule has 3 nitrogen and oxygen atoms in total. The van der Waals surface area contributed by atoms with E-state index < -0.39 is 5.97 Å². The van der Waals surface area contributed by atoms with Gasteiger partial charge in [0.05, 0.1) is 6.07 Å². The van der Waals surface area contributed by atoms with Crippen molar-refractivity contribution in [2.45, 2.75) is 77.7 Å². The third-order valence-corrected chi connectivity index (χ3v) is 4.02. The molecule has 0 atom stereocenters. The molecule has 0 fully saturated rings. The maximum Gasteiger partial charge on any atom is 0.375 e. The number of hydrogen-bond donors (Lipinski definition) is 0. The van der Waals surface area contributed by atoms with Gasteiger partial charge < -0.3 is 4.74 Å². The number of carbonyl (C=O) groups excluding carboxylic acids is 1. The fourth-order valence-corrected chi connectivity index (χ4v) is 2.65. The van der Waals surface area contributed by atoms with Crippen LogP contribution in [0.4, 0.5) is 0 Å². The Balaban J connectivity index is 2.14. The molecule has 0 radical (unpaired) electrons. The van der Waals surface area contributed by atoms with E-state index >= 15 is 0 Å². The van der Waals surface area contributed by atoms with Crippen molar-refractivity contribution in [1.82, 2.24) is 0 Å². The molecular formula is C20H32NO2+. The largest absolute Gasteiger partial charge is 0.375 e. The molecule has 0 saturated carbocycles. The van der Waals surface area contributed by atoms with Crippen LogP contribution in [-0.4, -0.2) is 5.97 Å². The quantitative estimate of drug-likeness (QED) is 0.222. The van der Waals surface area contributed by atoms with E-state index in [0.29, 0.717) is 5.88 Å². The lowest BCUT2D eigenvalue weighted by Crippen LogP contribution is -2.36. The number of aromatic nitrogens is 1. The van der Waals surface area contributed by atoms with Gasteiger partial charge in [0.1, 0.15) is 0 Å². The fourth-order valence-electron chi connectivity index (χ4n) is 2.65. The van der Waals surface area contributed by atoms with Gasteiger partial charge in [0.25, 0.3) is 0 Å².